The summed E-state index contributed by atoms with van der Waals surface area (Å²) in [5.41, 5.74) is 0.718. The maximum absolute atomic E-state index is 13.0. The quantitative estimate of drug-likeness (QED) is 0.868. The first-order chi connectivity index (χ1) is 7.79. The van der Waals surface area contributed by atoms with E-state index in [1.165, 1.54) is 44.2 Å². The van der Waals surface area contributed by atoms with Crippen LogP contribution in [0.1, 0.15) is 37.7 Å². The Balaban J connectivity index is 2.07. The Morgan fingerprint density at radius 2 is 2.00 bits per heavy atom. The molecule has 0 unspecified atom stereocenters. The van der Waals surface area contributed by atoms with Crippen molar-refractivity contribution in [3.8, 4) is 0 Å². The molecular formula is C13H17FOS. The topological polar surface area (TPSA) is 20.2 Å². The molecule has 1 N–H and O–H groups in total. The average molecular weight is 240 g/mol. The molecule has 1 aliphatic carbocycles. The van der Waals surface area contributed by atoms with Crippen molar-refractivity contribution in [2.45, 2.75) is 48.9 Å². The highest BCUT2D eigenvalue weighted by molar-refractivity contribution is 8.00. The van der Waals surface area contributed by atoms with Crippen molar-refractivity contribution in [3.05, 3.63) is 29.6 Å². The normalized spacial score (nSPS) is 17.6. The maximum Gasteiger partial charge on any atom is 0.123 e. The summed E-state index contributed by atoms with van der Waals surface area (Å²) in [7, 11) is 0. The van der Waals surface area contributed by atoms with Crippen LogP contribution >= 0.6 is 11.8 Å². The highest BCUT2D eigenvalue weighted by Crippen LogP contribution is 2.35. The standard InChI is InChI=1S/C13H17FOS/c14-11-6-7-13(10(8-11)9-15)16-12-4-2-1-3-5-12/h6-8,12,15H,1-5,9H2. The molecule has 1 aromatic rings. The summed E-state index contributed by atoms with van der Waals surface area (Å²) in [6.07, 6.45) is 6.42. The van der Waals surface area contributed by atoms with Gasteiger partial charge in [0, 0.05) is 10.1 Å². The van der Waals surface area contributed by atoms with Gasteiger partial charge < -0.3 is 5.11 Å². The lowest BCUT2D eigenvalue weighted by Crippen LogP contribution is -2.08. The number of benzene rings is 1. The molecule has 0 heterocycles. The molecular weight excluding hydrogens is 223 g/mol. The number of hydrogen-bond donors (Lipinski definition) is 1. The number of hydrogen-bond acceptors (Lipinski definition) is 2. The maximum atomic E-state index is 13.0. The number of thioether (sulfide) groups is 1. The summed E-state index contributed by atoms with van der Waals surface area (Å²) < 4.78 is 13.0. The van der Waals surface area contributed by atoms with E-state index in [1.54, 1.807) is 17.8 Å². The van der Waals surface area contributed by atoms with E-state index in [0.717, 1.165) is 10.5 Å². The SMILES string of the molecule is OCc1cc(F)ccc1SC1CCCCC1. The van der Waals surface area contributed by atoms with Crippen LogP contribution in [0.25, 0.3) is 0 Å². The number of aliphatic hydroxyl groups excluding tert-OH is 1. The third-order valence-corrected chi connectivity index (χ3v) is 4.50. The van der Waals surface area contributed by atoms with Crippen LogP contribution in [-0.4, -0.2) is 10.4 Å². The van der Waals surface area contributed by atoms with Crippen LogP contribution in [0.4, 0.5) is 4.39 Å². The molecule has 0 atom stereocenters. The molecule has 3 heteroatoms. The van der Waals surface area contributed by atoms with Crippen LogP contribution in [0.3, 0.4) is 0 Å². The molecule has 1 aliphatic rings. The molecule has 16 heavy (non-hydrogen) atoms. The minimum atomic E-state index is -0.267. The fourth-order valence-electron chi connectivity index (χ4n) is 2.15. The lowest BCUT2D eigenvalue weighted by molar-refractivity contribution is 0.278. The summed E-state index contributed by atoms with van der Waals surface area (Å²) >= 11 is 1.80. The zero-order valence-corrected chi connectivity index (χ0v) is 10.1. The molecule has 1 fully saturated rings. The van der Waals surface area contributed by atoms with Gasteiger partial charge in [0.25, 0.3) is 0 Å². The van der Waals surface area contributed by atoms with Gasteiger partial charge >= 0.3 is 0 Å². The van der Waals surface area contributed by atoms with Gasteiger partial charge in [-0.3, -0.25) is 0 Å². The first-order valence-electron chi connectivity index (χ1n) is 5.85. The Hall–Kier alpha value is -0.540. The van der Waals surface area contributed by atoms with E-state index in [1.807, 2.05) is 0 Å². The molecule has 0 aliphatic heterocycles. The minimum absolute atomic E-state index is 0.0766. The number of rotatable bonds is 3. The second-order valence-corrected chi connectivity index (χ2v) is 5.63. The van der Waals surface area contributed by atoms with E-state index in [9.17, 15) is 9.50 Å². The third kappa shape index (κ3) is 2.98. The van der Waals surface area contributed by atoms with Crippen LogP contribution in [0.15, 0.2) is 23.1 Å². The van der Waals surface area contributed by atoms with Gasteiger partial charge in [-0.2, -0.15) is 0 Å². The first kappa shape index (κ1) is 11.9. The van der Waals surface area contributed by atoms with Gasteiger partial charge in [-0.05, 0) is 36.6 Å². The highest BCUT2D eigenvalue weighted by Gasteiger charge is 2.16. The van der Waals surface area contributed by atoms with Crippen molar-refractivity contribution < 1.29 is 9.50 Å². The Morgan fingerprint density at radius 3 is 2.69 bits per heavy atom. The van der Waals surface area contributed by atoms with Gasteiger partial charge in [-0.1, -0.05) is 19.3 Å². The van der Waals surface area contributed by atoms with Gasteiger partial charge in [0.2, 0.25) is 0 Å². The summed E-state index contributed by atoms with van der Waals surface area (Å²) in [6, 6.07) is 4.70. The van der Waals surface area contributed by atoms with Gasteiger partial charge in [0.1, 0.15) is 5.82 Å². The number of aliphatic hydroxyl groups is 1. The van der Waals surface area contributed by atoms with E-state index >= 15 is 0 Å². The van der Waals surface area contributed by atoms with E-state index in [4.69, 9.17) is 0 Å². The Kier molecular flexibility index (Phi) is 4.24. The summed E-state index contributed by atoms with van der Waals surface area (Å²) in [5.74, 6) is -0.267. The van der Waals surface area contributed by atoms with Crippen LogP contribution in [0.2, 0.25) is 0 Å². The lowest BCUT2D eigenvalue weighted by atomic mass is 10.0. The fourth-order valence-corrected chi connectivity index (χ4v) is 3.50. The second kappa shape index (κ2) is 5.69. The summed E-state index contributed by atoms with van der Waals surface area (Å²) in [5, 5.41) is 9.84. The zero-order chi connectivity index (χ0) is 11.4. The third-order valence-electron chi connectivity index (χ3n) is 3.04. The average Bonchev–Trinajstić information content (AvgIpc) is 2.33. The van der Waals surface area contributed by atoms with Crippen LogP contribution < -0.4 is 0 Å². The number of halogens is 1. The van der Waals surface area contributed by atoms with Crippen molar-refractivity contribution in [3.63, 3.8) is 0 Å². The summed E-state index contributed by atoms with van der Waals surface area (Å²) in [6.45, 7) is -0.0766. The van der Waals surface area contributed by atoms with Crippen molar-refractivity contribution in [2.75, 3.05) is 0 Å². The van der Waals surface area contributed by atoms with E-state index in [0.29, 0.717) is 5.25 Å². The van der Waals surface area contributed by atoms with Crippen molar-refractivity contribution in [1.29, 1.82) is 0 Å². The lowest BCUT2D eigenvalue weighted by Gasteiger charge is -2.21. The molecule has 1 saturated carbocycles. The smallest absolute Gasteiger partial charge is 0.123 e. The van der Waals surface area contributed by atoms with E-state index < -0.39 is 0 Å². The van der Waals surface area contributed by atoms with Gasteiger partial charge in [-0.25, -0.2) is 4.39 Å². The molecule has 0 spiro atoms. The predicted molar refractivity (Wildman–Crippen MR) is 65.1 cm³/mol. The Bertz CT molecular complexity index is 348. The van der Waals surface area contributed by atoms with Crippen LogP contribution in [-0.2, 0) is 6.61 Å². The first-order valence-corrected chi connectivity index (χ1v) is 6.73. The monoisotopic (exact) mass is 240 g/mol. The van der Waals surface area contributed by atoms with Crippen molar-refractivity contribution >= 4 is 11.8 Å². The van der Waals surface area contributed by atoms with Crippen LogP contribution in [0, 0.1) is 5.82 Å². The highest BCUT2D eigenvalue weighted by atomic mass is 32.2. The van der Waals surface area contributed by atoms with E-state index in [2.05, 4.69) is 0 Å². The largest absolute Gasteiger partial charge is 0.392 e. The second-order valence-electron chi connectivity index (χ2n) is 4.29. The zero-order valence-electron chi connectivity index (χ0n) is 9.29. The van der Waals surface area contributed by atoms with Crippen molar-refractivity contribution in [2.24, 2.45) is 0 Å². The molecule has 0 radical (unpaired) electrons. The fraction of sp³-hybridized carbons (Fsp3) is 0.538. The molecule has 1 aromatic carbocycles. The van der Waals surface area contributed by atoms with Gasteiger partial charge in [0.05, 0.1) is 6.61 Å². The Morgan fingerprint density at radius 1 is 1.25 bits per heavy atom. The molecule has 88 valence electrons. The molecule has 0 saturated heterocycles. The van der Waals surface area contributed by atoms with Gasteiger partial charge in [-0.15, -0.1) is 11.8 Å². The molecule has 0 aromatic heterocycles. The van der Waals surface area contributed by atoms with Crippen molar-refractivity contribution in [1.82, 2.24) is 0 Å². The molecule has 0 bridgehead atoms. The predicted octanol–water partition coefficient (Wildman–Crippen LogP) is 3.74. The molecule has 0 amide bonds. The summed E-state index contributed by atoms with van der Waals surface area (Å²) in [4.78, 5) is 1.04. The van der Waals surface area contributed by atoms with E-state index in [-0.39, 0.29) is 12.4 Å². The van der Waals surface area contributed by atoms with Crippen LogP contribution in [0.5, 0.6) is 0 Å². The molecule has 2 rings (SSSR count). The molecule has 1 nitrogen and oxygen atoms in total. The Labute approximate surface area is 100 Å². The minimum Gasteiger partial charge on any atom is -0.392 e. The van der Waals surface area contributed by atoms with Gasteiger partial charge in [0.15, 0.2) is 0 Å².